The van der Waals surface area contributed by atoms with Gasteiger partial charge in [-0.25, -0.2) is 0 Å². The summed E-state index contributed by atoms with van der Waals surface area (Å²) in [5.74, 6) is 0.559. The van der Waals surface area contributed by atoms with Crippen LogP contribution in [-0.4, -0.2) is 46.3 Å². The van der Waals surface area contributed by atoms with Crippen LogP contribution in [0.1, 0.15) is 36.3 Å². The largest absolute Gasteiger partial charge is 0.495 e. The van der Waals surface area contributed by atoms with Gasteiger partial charge in [0.2, 0.25) is 0 Å². The van der Waals surface area contributed by atoms with Gasteiger partial charge < -0.3 is 24.3 Å². The Morgan fingerprint density at radius 2 is 1.94 bits per heavy atom. The molecule has 166 valence electrons. The van der Waals surface area contributed by atoms with Crippen molar-refractivity contribution >= 4 is 23.3 Å². The van der Waals surface area contributed by atoms with Gasteiger partial charge in [0.25, 0.3) is 0 Å². The number of hydrogen-bond donors (Lipinski definition) is 1. The maximum Gasteiger partial charge on any atom is 0.305 e. The number of hydrogen-bond acceptors (Lipinski definition) is 5. The summed E-state index contributed by atoms with van der Waals surface area (Å²) in [4.78, 5) is 18.4. The lowest BCUT2D eigenvalue weighted by Crippen LogP contribution is -2.31. The third-order valence-corrected chi connectivity index (χ3v) is 5.99. The molecular weight excluding hydrogens is 424 g/mol. The normalized spacial score (nSPS) is 17.8. The van der Waals surface area contributed by atoms with Crippen molar-refractivity contribution in [2.45, 2.75) is 24.9 Å². The molecule has 1 N–H and O–H groups in total. The molecule has 32 heavy (non-hydrogen) atoms. The molecule has 0 aliphatic carbocycles. The number of para-hydroxylation sites is 2. The Hall–Kier alpha value is -3.39. The molecular formula is C24H26N4O3S. The number of methoxy groups -OCH3 is 2. The molecule has 0 amide bonds. The molecule has 2 aromatic heterocycles. The number of aromatic nitrogens is 2. The van der Waals surface area contributed by atoms with E-state index in [0.717, 1.165) is 22.8 Å². The summed E-state index contributed by atoms with van der Waals surface area (Å²) in [6.45, 7) is 0.617. The molecule has 1 aliphatic heterocycles. The third kappa shape index (κ3) is 4.31. The smallest absolute Gasteiger partial charge is 0.305 e. The zero-order valence-electron chi connectivity index (χ0n) is 18.1. The van der Waals surface area contributed by atoms with E-state index in [9.17, 15) is 4.79 Å². The Morgan fingerprint density at radius 3 is 2.69 bits per heavy atom. The minimum absolute atomic E-state index is 0.116. The first-order valence-corrected chi connectivity index (χ1v) is 10.9. The average molecular weight is 451 g/mol. The minimum Gasteiger partial charge on any atom is -0.495 e. The monoisotopic (exact) mass is 450 g/mol. The number of ether oxygens (including phenoxy) is 2. The second-order valence-electron chi connectivity index (χ2n) is 7.47. The quantitative estimate of drug-likeness (QED) is 0.413. The summed E-state index contributed by atoms with van der Waals surface area (Å²) in [6.07, 6.45) is 4.78. The van der Waals surface area contributed by atoms with Gasteiger partial charge in [0.05, 0.1) is 37.7 Å². The molecule has 1 aliphatic rings. The van der Waals surface area contributed by atoms with Gasteiger partial charge in [-0.2, -0.15) is 0 Å². The Morgan fingerprint density at radius 1 is 1.12 bits per heavy atom. The molecule has 2 atom stereocenters. The highest BCUT2D eigenvalue weighted by atomic mass is 32.1. The van der Waals surface area contributed by atoms with Gasteiger partial charge in [-0.15, -0.1) is 0 Å². The first kappa shape index (κ1) is 21.8. The first-order chi connectivity index (χ1) is 15.6. The van der Waals surface area contributed by atoms with E-state index in [1.165, 1.54) is 7.11 Å². The topological polar surface area (TPSA) is 68.6 Å². The lowest BCUT2D eigenvalue weighted by molar-refractivity contribution is -0.140. The van der Waals surface area contributed by atoms with Gasteiger partial charge in [0.1, 0.15) is 5.75 Å². The summed E-state index contributed by atoms with van der Waals surface area (Å²) in [7, 11) is 3.08. The van der Waals surface area contributed by atoms with Crippen LogP contribution in [0.5, 0.6) is 5.75 Å². The van der Waals surface area contributed by atoms with Crippen LogP contribution in [-0.2, 0) is 9.53 Å². The van der Waals surface area contributed by atoms with E-state index in [0.29, 0.717) is 24.5 Å². The highest BCUT2D eigenvalue weighted by Gasteiger charge is 2.41. The molecule has 3 aromatic rings. The molecule has 4 rings (SSSR count). The van der Waals surface area contributed by atoms with Crippen molar-refractivity contribution in [3.63, 3.8) is 0 Å². The van der Waals surface area contributed by atoms with Crippen molar-refractivity contribution < 1.29 is 14.3 Å². The van der Waals surface area contributed by atoms with Crippen molar-refractivity contribution in [3.8, 4) is 11.4 Å². The summed E-state index contributed by atoms with van der Waals surface area (Å²) < 4.78 is 12.5. The highest BCUT2D eigenvalue weighted by Crippen LogP contribution is 2.40. The van der Waals surface area contributed by atoms with E-state index < -0.39 is 0 Å². The molecule has 0 bridgehead atoms. The Kier molecular flexibility index (Phi) is 6.70. The van der Waals surface area contributed by atoms with E-state index in [1.807, 2.05) is 54.7 Å². The molecule has 1 saturated heterocycles. The van der Waals surface area contributed by atoms with Crippen molar-refractivity contribution in [1.82, 2.24) is 19.8 Å². The van der Waals surface area contributed by atoms with Gasteiger partial charge in [-0.1, -0.05) is 18.2 Å². The number of thiocarbonyl (C=S) groups is 1. The predicted molar refractivity (Wildman–Crippen MR) is 126 cm³/mol. The average Bonchev–Trinajstić information content (AvgIpc) is 3.43. The van der Waals surface area contributed by atoms with Crippen molar-refractivity contribution in [3.05, 3.63) is 78.4 Å². The molecule has 3 heterocycles. The van der Waals surface area contributed by atoms with Crippen molar-refractivity contribution in [2.24, 2.45) is 0 Å². The minimum atomic E-state index is -0.224. The highest BCUT2D eigenvalue weighted by molar-refractivity contribution is 7.80. The Labute approximate surface area is 193 Å². The zero-order chi connectivity index (χ0) is 22.5. The summed E-state index contributed by atoms with van der Waals surface area (Å²) in [6, 6.07) is 17.7. The molecule has 0 unspecified atom stereocenters. The van der Waals surface area contributed by atoms with Gasteiger partial charge in [-0.3, -0.25) is 9.78 Å². The van der Waals surface area contributed by atoms with E-state index in [1.54, 1.807) is 13.3 Å². The van der Waals surface area contributed by atoms with Gasteiger partial charge in [0.15, 0.2) is 5.11 Å². The number of esters is 1. The van der Waals surface area contributed by atoms with E-state index in [4.69, 9.17) is 21.7 Å². The first-order valence-electron chi connectivity index (χ1n) is 10.5. The number of nitrogens with zero attached hydrogens (tertiary/aromatic N) is 3. The van der Waals surface area contributed by atoms with Crippen LogP contribution in [0.15, 0.2) is 67.0 Å². The number of pyridine rings is 1. The third-order valence-electron chi connectivity index (χ3n) is 5.63. The van der Waals surface area contributed by atoms with Gasteiger partial charge in [0, 0.05) is 31.1 Å². The van der Waals surface area contributed by atoms with Crippen LogP contribution in [0, 0.1) is 0 Å². The summed E-state index contributed by atoms with van der Waals surface area (Å²) in [5, 5.41) is 4.09. The SMILES string of the molecule is COC(=O)CCCN1C(=S)N[C@H](c2ccccn2)[C@@H]1c1cccn1-c1ccccc1OC. The number of rotatable bonds is 8. The van der Waals surface area contributed by atoms with E-state index in [-0.39, 0.29) is 18.1 Å². The molecule has 0 spiro atoms. The van der Waals surface area contributed by atoms with Crippen LogP contribution in [0.2, 0.25) is 0 Å². The van der Waals surface area contributed by atoms with Gasteiger partial charge >= 0.3 is 5.97 Å². The second-order valence-corrected chi connectivity index (χ2v) is 7.86. The van der Waals surface area contributed by atoms with E-state index in [2.05, 4.69) is 25.8 Å². The van der Waals surface area contributed by atoms with E-state index >= 15 is 0 Å². The molecule has 1 fully saturated rings. The Balaban J connectivity index is 1.74. The maximum atomic E-state index is 11.7. The van der Waals surface area contributed by atoms with Crippen LogP contribution < -0.4 is 10.1 Å². The molecule has 0 saturated carbocycles. The van der Waals surface area contributed by atoms with Crippen LogP contribution in [0.3, 0.4) is 0 Å². The summed E-state index contributed by atoms with van der Waals surface area (Å²) in [5.41, 5.74) is 2.90. The van der Waals surface area contributed by atoms with Crippen LogP contribution >= 0.6 is 12.2 Å². The number of benzene rings is 1. The van der Waals surface area contributed by atoms with Crippen LogP contribution in [0.25, 0.3) is 5.69 Å². The maximum absolute atomic E-state index is 11.7. The van der Waals surface area contributed by atoms with Crippen molar-refractivity contribution in [1.29, 1.82) is 0 Å². The lowest BCUT2D eigenvalue weighted by atomic mass is 10.0. The predicted octanol–water partition coefficient (Wildman–Crippen LogP) is 3.81. The summed E-state index contributed by atoms with van der Waals surface area (Å²) >= 11 is 5.72. The van der Waals surface area contributed by atoms with Crippen LogP contribution in [0.4, 0.5) is 0 Å². The molecule has 8 heteroatoms. The molecule has 7 nitrogen and oxygen atoms in total. The molecule has 0 radical (unpaired) electrons. The fourth-order valence-electron chi connectivity index (χ4n) is 4.15. The number of nitrogens with one attached hydrogen (secondary N) is 1. The standard InChI is InChI=1S/C24H26N4O3S/c1-30-20-12-4-3-10-18(20)27-15-7-11-19(27)23-22(17-9-5-6-14-25-17)26-24(32)28(23)16-8-13-21(29)31-2/h3-7,9-12,14-15,22-23H,8,13,16H2,1-2H3,(H,26,32)/t22-,23+/m1/s1. The lowest BCUT2D eigenvalue weighted by Gasteiger charge is -2.29. The second kappa shape index (κ2) is 9.82. The van der Waals surface area contributed by atoms with Crippen molar-refractivity contribution in [2.75, 3.05) is 20.8 Å². The fourth-order valence-corrected chi connectivity index (χ4v) is 4.48. The Bertz CT molecular complexity index is 1090. The zero-order valence-corrected chi connectivity index (χ0v) is 18.9. The van der Waals surface area contributed by atoms with Gasteiger partial charge in [-0.05, 0) is 55.0 Å². The fraction of sp³-hybridized carbons (Fsp3) is 0.292. The number of carbonyl (C=O) groups is 1. The molecule has 1 aromatic carbocycles. The number of carbonyl (C=O) groups excluding carboxylic acids is 1.